The van der Waals surface area contributed by atoms with Crippen molar-refractivity contribution in [1.82, 2.24) is 0 Å². The van der Waals surface area contributed by atoms with Gasteiger partial charge in [0.15, 0.2) is 0 Å². The summed E-state index contributed by atoms with van der Waals surface area (Å²) in [6, 6.07) is 0.400. The molecular formula is C9H19NO. The minimum absolute atomic E-state index is 0.0110. The Kier molecular flexibility index (Phi) is 2.01. The number of hydrogen-bond donors (Lipinski definition) is 1. The molecule has 1 saturated carbocycles. The highest BCUT2D eigenvalue weighted by atomic mass is 16.5. The van der Waals surface area contributed by atoms with Gasteiger partial charge in [0.1, 0.15) is 0 Å². The Balaban J connectivity index is 2.43. The highest BCUT2D eigenvalue weighted by Gasteiger charge is 2.50. The van der Waals surface area contributed by atoms with Crippen LogP contribution in [0.1, 0.15) is 33.6 Å². The van der Waals surface area contributed by atoms with Gasteiger partial charge in [-0.15, -0.1) is 0 Å². The van der Waals surface area contributed by atoms with Crippen molar-refractivity contribution in [1.29, 1.82) is 0 Å². The monoisotopic (exact) mass is 157 g/mol. The van der Waals surface area contributed by atoms with Crippen molar-refractivity contribution in [2.24, 2.45) is 11.1 Å². The summed E-state index contributed by atoms with van der Waals surface area (Å²) in [6.45, 7) is 6.46. The van der Waals surface area contributed by atoms with E-state index in [1.807, 2.05) is 0 Å². The third kappa shape index (κ3) is 1.94. The van der Waals surface area contributed by atoms with E-state index in [4.69, 9.17) is 10.5 Å². The van der Waals surface area contributed by atoms with Crippen molar-refractivity contribution in [3.63, 3.8) is 0 Å². The normalized spacial score (nSPS) is 37.4. The second kappa shape index (κ2) is 2.46. The Morgan fingerprint density at radius 3 is 2.36 bits per heavy atom. The molecule has 2 atom stereocenters. The topological polar surface area (TPSA) is 35.2 Å². The Bertz CT molecular complexity index is 148. The Hall–Kier alpha value is -0.0800. The van der Waals surface area contributed by atoms with E-state index >= 15 is 0 Å². The predicted molar refractivity (Wildman–Crippen MR) is 46.4 cm³/mol. The van der Waals surface area contributed by atoms with Gasteiger partial charge >= 0.3 is 0 Å². The number of rotatable bonds is 3. The first-order valence-corrected chi connectivity index (χ1v) is 4.20. The molecule has 11 heavy (non-hydrogen) atoms. The molecule has 0 radical (unpaired) electrons. The average Bonchev–Trinajstić information content (AvgIpc) is 2.39. The maximum Gasteiger partial charge on any atom is 0.0628 e. The van der Waals surface area contributed by atoms with Gasteiger partial charge in [-0.2, -0.15) is 0 Å². The number of nitrogens with two attached hydrogens (primary N) is 1. The molecule has 1 rings (SSSR count). The molecule has 1 aliphatic rings. The lowest BCUT2D eigenvalue weighted by atomic mass is 9.92. The summed E-state index contributed by atoms with van der Waals surface area (Å²) in [4.78, 5) is 0. The van der Waals surface area contributed by atoms with Crippen LogP contribution in [0.2, 0.25) is 0 Å². The van der Waals surface area contributed by atoms with Crippen LogP contribution in [0.4, 0.5) is 0 Å². The summed E-state index contributed by atoms with van der Waals surface area (Å²) in [7, 11) is 1.76. The standard InChI is InChI=1S/C9H19NO/c1-8(2,11-4)6-9(3)5-7(9)10/h7H,5-6,10H2,1-4H3. The summed E-state index contributed by atoms with van der Waals surface area (Å²) in [5.74, 6) is 0. The largest absolute Gasteiger partial charge is 0.379 e. The molecule has 0 aromatic carbocycles. The van der Waals surface area contributed by atoms with E-state index in [9.17, 15) is 0 Å². The summed E-state index contributed by atoms with van der Waals surface area (Å²) < 4.78 is 5.35. The molecule has 0 aliphatic heterocycles. The predicted octanol–water partition coefficient (Wildman–Crippen LogP) is 1.54. The van der Waals surface area contributed by atoms with E-state index in [0.717, 1.165) is 12.8 Å². The van der Waals surface area contributed by atoms with Crippen LogP contribution in [-0.4, -0.2) is 18.8 Å². The second-order valence-corrected chi connectivity index (χ2v) is 4.61. The van der Waals surface area contributed by atoms with Gasteiger partial charge in [-0.25, -0.2) is 0 Å². The summed E-state index contributed by atoms with van der Waals surface area (Å²) >= 11 is 0. The molecule has 0 heterocycles. The summed E-state index contributed by atoms with van der Waals surface area (Å²) in [5, 5.41) is 0. The van der Waals surface area contributed by atoms with Crippen LogP contribution in [0.5, 0.6) is 0 Å². The summed E-state index contributed by atoms with van der Waals surface area (Å²) in [6.07, 6.45) is 2.22. The zero-order valence-electron chi connectivity index (χ0n) is 7.98. The maximum atomic E-state index is 5.81. The number of hydrogen-bond acceptors (Lipinski definition) is 2. The van der Waals surface area contributed by atoms with Crippen LogP contribution < -0.4 is 5.73 Å². The second-order valence-electron chi connectivity index (χ2n) is 4.61. The fraction of sp³-hybridized carbons (Fsp3) is 1.00. The van der Waals surface area contributed by atoms with Gasteiger partial charge in [0.2, 0.25) is 0 Å². The molecular weight excluding hydrogens is 138 g/mol. The Morgan fingerprint density at radius 1 is 1.64 bits per heavy atom. The molecule has 66 valence electrons. The van der Waals surface area contributed by atoms with Gasteiger partial charge in [-0.3, -0.25) is 0 Å². The maximum absolute atomic E-state index is 5.81. The quantitative estimate of drug-likeness (QED) is 0.674. The van der Waals surface area contributed by atoms with Gasteiger partial charge in [-0.1, -0.05) is 6.92 Å². The Labute approximate surface area is 69.1 Å². The van der Waals surface area contributed by atoms with Crippen LogP contribution in [0, 0.1) is 5.41 Å². The number of ether oxygens (including phenoxy) is 1. The van der Waals surface area contributed by atoms with E-state index in [1.54, 1.807) is 7.11 Å². The molecule has 0 aromatic rings. The van der Waals surface area contributed by atoms with E-state index in [0.29, 0.717) is 11.5 Å². The zero-order valence-corrected chi connectivity index (χ0v) is 7.98. The van der Waals surface area contributed by atoms with E-state index in [1.165, 1.54) is 0 Å². The van der Waals surface area contributed by atoms with Crippen LogP contribution >= 0.6 is 0 Å². The molecule has 2 N–H and O–H groups in total. The fourth-order valence-electron chi connectivity index (χ4n) is 1.69. The lowest BCUT2D eigenvalue weighted by Crippen LogP contribution is -2.28. The zero-order chi connectivity index (χ0) is 8.70. The Morgan fingerprint density at radius 2 is 2.09 bits per heavy atom. The van der Waals surface area contributed by atoms with Crippen LogP contribution in [-0.2, 0) is 4.74 Å². The molecule has 0 bridgehead atoms. The van der Waals surface area contributed by atoms with E-state index < -0.39 is 0 Å². The molecule has 0 aromatic heterocycles. The van der Waals surface area contributed by atoms with Crippen molar-refractivity contribution >= 4 is 0 Å². The van der Waals surface area contributed by atoms with Crippen LogP contribution in [0.25, 0.3) is 0 Å². The molecule has 0 spiro atoms. The van der Waals surface area contributed by atoms with Crippen LogP contribution in [0.3, 0.4) is 0 Å². The molecule has 0 saturated heterocycles. The third-order valence-corrected chi connectivity index (χ3v) is 2.80. The average molecular weight is 157 g/mol. The third-order valence-electron chi connectivity index (χ3n) is 2.80. The van der Waals surface area contributed by atoms with Gasteiger partial charge in [0, 0.05) is 13.2 Å². The SMILES string of the molecule is COC(C)(C)CC1(C)CC1N. The molecule has 1 aliphatic carbocycles. The molecule has 0 amide bonds. The first kappa shape index (κ1) is 9.01. The molecule has 1 fully saturated rings. The van der Waals surface area contributed by atoms with E-state index in [2.05, 4.69) is 20.8 Å². The molecule has 2 heteroatoms. The lowest BCUT2D eigenvalue weighted by Gasteiger charge is -2.26. The fourth-order valence-corrected chi connectivity index (χ4v) is 1.69. The van der Waals surface area contributed by atoms with Crippen LogP contribution in [0.15, 0.2) is 0 Å². The first-order chi connectivity index (χ1) is 4.90. The molecule has 2 unspecified atom stereocenters. The smallest absolute Gasteiger partial charge is 0.0628 e. The number of methoxy groups -OCH3 is 1. The van der Waals surface area contributed by atoms with Gasteiger partial charge in [0.25, 0.3) is 0 Å². The highest BCUT2D eigenvalue weighted by molar-refractivity contribution is 5.05. The highest BCUT2D eigenvalue weighted by Crippen LogP contribution is 2.50. The molecule has 2 nitrogen and oxygen atoms in total. The van der Waals surface area contributed by atoms with Gasteiger partial charge in [-0.05, 0) is 32.1 Å². The van der Waals surface area contributed by atoms with Crippen molar-refractivity contribution in [3.8, 4) is 0 Å². The van der Waals surface area contributed by atoms with Gasteiger partial charge < -0.3 is 10.5 Å². The minimum atomic E-state index is -0.0110. The van der Waals surface area contributed by atoms with Crippen molar-refractivity contribution in [2.45, 2.75) is 45.3 Å². The minimum Gasteiger partial charge on any atom is -0.379 e. The summed E-state index contributed by atoms with van der Waals surface area (Å²) in [5.41, 5.74) is 6.14. The van der Waals surface area contributed by atoms with Gasteiger partial charge in [0.05, 0.1) is 5.60 Å². The van der Waals surface area contributed by atoms with Crippen molar-refractivity contribution in [3.05, 3.63) is 0 Å². The first-order valence-electron chi connectivity index (χ1n) is 4.20. The van der Waals surface area contributed by atoms with E-state index in [-0.39, 0.29) is 5.60 Å². The lowest BCUT2D eigenvalue weighted by molar-refractivity contribution is -0.000267. The van der Waals surface area contributed by atoms with Crippen molar-refractivity contribution < 1.29 is 4.74 Å². The van der Waals surface area contributed by atoms with Crippen molar-refractivity contribution in [2.75, 3.05) is 7.11 Å².